The van der Waals surface area contributed by atoms with Crippen LogP contribution in [0.3, 0.4) is 0 Å². The van der Waals surface area contributed by atoms with Gasteiger partial charge in [0.15, 0.2) is 11.9 Å². The maximum absolute atomic E-state index is 12.3. The third kappa shape index (κ3) is 4.63. The molecule has 0 spiro atoms. The molecule has 2 heterocycles. The van der Waals surface area contributed by atoms with Gasteiger partial charge in [-0.1, -0.05) is 41.9 Å². The van der Waals surface area contributed by atoms with Crippen LogP contribution >= 0.6 is 11.6 Å². The number of rotatable bonds is 5. The number of carboxylic acids is 1. The fourth-order valence-electron chi connectivity index (χ4n) is 4.02. The molecule has 0 aliphatic heterocycles. The first-order chi connectivity index (χ1) is 15.5. The van der Waals surface area contributed by atoms with E-state index in [1.807, 2.05) is 77.1 Å². The number of aliphatic carboxylic acids is 1. The van der Waals surface area contributed by atoms with E-state index in [0.717, 1.165) is 27.7 Å². The summed E-state index contributed by atoms with van der Waals surface area (Å²) < 4.78 is 6.01. The van der Waals surface area contributed by atoms with Crippen LogP contribution in [-0.4, -0.2) is 31.6 Å². The largest absolute Gasteiger partial charge is 0.479 e. The van der Waals surface area contributed by atoms with Gasteiger partial charge in [0.1, 0.15) is 5.69 Å². The number of aromatic nitrogens is 3. The number of nitrogens with zero attached hydrogens (tertiary/aromatic N) is 2. The number of imidazole rings is 1. The lowest BCUT2D eigenvalue weighted by Crippen LogP contribution is -2.28. The van der Waals surface area contributed by atoms with E-state index in [2.05, 4.69) is 4.98 Å². The molecule has 0 aliphatic rings. The number of carboxylic acid groups (broad SMARTS) is 1. The lowest BCUT2D eigenvalue weighted by Gasteiger charge is -2.28. The van der Waals surface area contributed by atoms with Crippen molar-refractivity contribution in [3.63, 3.8) is 0 Å². The average molecular weight is 464 g/mol. The Labute approximate surface area is 197 Å². The van der Waals surface area contributed by atoms with Crippen LogP contribution in [0.5, 0.6) is 0 Å². The van der Waals surface area contributed by atoms with E-state index in [1.54, 1.807) is 6.07 Å². The SMILES string of the molecule is Cc1nc(-c2nc3ccc(Cl)cc3[nH]2)c(C)c(-c2ccccc2)c1C(OC(C)(C)C)C(=O)O. The summed E-state index contributed by atoms with van der Waals surface area (Å²) in [6, 6.07) is 15.2. The molecule has 0 fully saturated rings. The summed E-state index contributed by atoms with van der Waals surface area (Å²) in [7, 11) is 0. The van der Waals surface area contributed by atoms with Gasteiger partial charge in [0.05, 0.1) is 16.6 Å². The first-order valence-corrected chi connectivity index (χ1v) is 11.1. The summed E-state index contributed by atoms with van der Waals surface area (Å²) in [5.74, 6) is -0.460. The molecule has 2 aromatic carbocycles. The molecular weight excluding hydrogens is 438 g/mol. The number of H-pyrrole nitrogens is 1. The Hall–Kier alpha value is -3.22. The fourth-order valence-corrected chi connectivity index (χ4v) is 4.19. The van der Waals surface area contributed by atoms with Gasteiger partial charge in [0, 0.05) is 16.3 Å². The number of hydrogen-bond donors (Lipinski definition) is 2. The summed E-state index contributed by atoms with van der Waals surface area (Å²) >= 11 is 6.14. The van der Waals surface area contributed by atoms with Crippen molar-refractivity contribution in [2.45, 2.75) is 46.3 Å². The van der Waals surface area contributed by atoms with Crippen LogP contribution < -0.4 is 0 Å². The number of aromatic amines is 1. The van der Waals surface area contributed by atoms with Gasteiger partial charge in [-0.25, -0.2) is 14.8 Å². The standard InChI is InChI=1S/C26H26ClN3O3/c1-14-20(16-9-7-6-8-10-16)21(23(25(31)32)33-26(3,4)5)15(2)28-22(14)24-29-18-12-11-17(27)13-19(18)30-24/h6-13,23H,1-5H3,(H,29,30)(H,31,32). The van der Waals surface area contributed by atoms with E-state index in [0.29, 0.717) is 27.8 Å². The van der Waals surface area contributed by atoms with Crippen molar-refractivity contribution in [1.29, 1.82) is 0 Å². The molecule has 33 heavy (non-hydrogen) atoms. The highest BCUT2D eigenvalue weighted by atomic mass is 35.5. The van der Waals surface area contributed by atoms with Crippen LogP contribution in [0.4, 0.5) is 0 Å². The Morgan fingerprint density at radius 2 is 1.79 bits per heavy atom. The molecule has 0 radical (unpaired) electrons. The van der Waals surface area contributed by atoms with Gasteiger partial charge in [-0.3, -0.25) is 0 Å². The molecule has 2 N–H and O–H groups in total. The molecule has 7 heteroatoms. The predicted molar refractivity (Wildman–Crippen MR) is 130 cm³/mol. The Morgan fingerprint density at radius 1 is 1.09 bits per heavy atom. The molecule has 170 valence electrons. The normalized spacial score (nSPS) is 12.8. The topological polar surface area (TPSA) is 88.1 Å². The minimum Gasteiger partial charge on any atom is -0.479 e. The van der Waals surface area contributed by atoms with Crippen LogP contribution in [0.1, 0.15) is 43.7 Å². The zero-order valence-corrected chi connectivity index (χ0v) is 20.0. The van der Waals surface area contributed by atoms with E-state index in [9.17, 15) is 9.90 Å². The number of hydrogen-bond acceptors (Lipinski definition) is 4. The zero-order chi connectivity index (χ0) is 23.9. The monoisotopic (exact) mass is 463 g/mol. The number of aryl methyl sites for hydroxylation is 1. The summed E-state index contributed by atoms with van der Waals surface area (Å²) in [4.78, 5) is 25.2. The number of halogens is 1. The molecule has 0 aliphatic carbocycles. The maximum atomic E-state index is 12.3. The number of nitrogens with one attached hydrogen (secondary N) is 1. The van der Waals surface area contributed by atoms with Crippen molar-refractivity contribution in [2.24, 2.45) is 0 Å². The van der Waals surface area contributed by atoms with Gasteiger partial charge < -0.3 is 14.8 Å². The Balaban J connectivity index is 2.00. The van der Waals surface area contributed by atoms with Gasteiger partial charge in [-0.2, -0.15) is 0 Å². The zero-order valence-electron chi connectivity index (χ0n) is 19.2. The minimum absolute atomic E-state index is 0.545. The predicted octanol–water partition coefficient (Wildman–Crippen LogP) is 6.50. The second kappa shape index (κ2) is 8.61. The molecule has 1 unspecified atom stereocenters. The quantitative estimate of drug-likeness (QED) is 0.352. The highest BCUT2D eigenvalue weighted by Gasteiger charge is 2.33. The van der Waals surface area contributed by atoms with Crippen molar-refractivity contribution in [2.75, 3.05) is 0 Å². The highest BCUT2D eigenvalue weighted by molar-refractivity contribution is 6.31. The number of ether oxygens (including phenoxy) is 1. The fraction of sp³-hybridized carbons (Fsp3) is 0.269. The van der Waals surface area contributed by atoms with Gasteiger partial charge in [0.2, 0.25) is 0 Å². The summed E-state index contributed by atoms with van der Waals surface area (Å²) in [6.07, 6.45) is -1.17. The van der Waals surface area contributed by atoms with Gasteiger partial charge in [-0.15, -0.1) is 0 Å². The summed E-state index contributed by atoms with van der Waals surface area (Å²) in [5, 5.41) is 10.7. The highest BCUT2D eigenvalue weighted by Crippen LogP contribution is 2.40. The first-order valence-electron chi connectivity index (χ1n) is 10.7. The number of benzene rings is 2. The molecule has 0 saturated carbocycles. The first kappa shape index (κ1) is 23.0. The molecule has 1 atom stereocenters. The third-order valence-electron chi connectivity index (χ3n) is 5.36. The van der Waals surface area contributed by atoms with Crippen molar-refractivity contribution < 1.29 is 14.6 Å². The number of fused-ring (bicyclic) bond motifs is 1. The number of pyridine rings is 1. The molecule has 6 nitrogen and oxygen atoms in total. The van der Waals surface area contributed by atoms with Gasteiger partial charge >= 0.3 is 5.97 Å². The smallest absolute Gasteiger partial charge is 0.337 e. The van der Waals surface area contributed by atoms with Crippen LogP contribution in [-0.2, 0) is 9.53 Å². The molecule has 4 aromatic rings. The van der Waals surface area contributed by atoms with Crippen molar-refractivity contribution in [3.8, 4) is 22.6 Å². The van der Waals surface area contributed by atoms with Crippen LogP contribution in [0.15, 0.2) is 48.5 Å². The Bertz CT molecular complexity index is 1340. The second-order valence-corrected chi connectivity index (χ2v) is 9.46. The number of carbonyl (C=O) groups is 1. The van der Waals surface area contributed by atoms with E-state index in [-0.39, 0.29) is 0 Å². The summed E-state index contributed by atoms with van der Waals surface area (Å²) in [5.41, 5.74) is 5.19. The maximum Gasteiger partial charge on any atom is 0.337 e. The Kier molecular flexibility index (Phi) is 5.99. The van der Waals surface area contributed by atoms with E-state index >= 15 is 0 Å². The molecule has 0 bridgehead atoms. The Morgan fingerprint density at radius 3 is 2.42 bits per heavy atom. The molecule has 0 saturated heterocycles. The second-order valence-electron chi connectivity index (χ2n) is 9.02. The average Bonchev–Trinajstić information content (AvgIpc) is 3.16. The van der Waals surface area contributed by atoms with Gasteiger partial charge in [0.25, 0.3) is 0 Å². The van der Waals surface area contributed by atoms with Crippen molar-refractivity contribution >= 4 is 28.6 Å². The molecule has 0 amide bonds. The molecular formula is C26H26ClN3O3. The van der Waals surface area contributed by atoms with Crippen molar-refractivity contribution in [1.82, 2.24) is 15.0 Å². The lowest BCUT2D eigenvalue weighted by atomic mass is 9.89. The summed E-state index contributed by atoms with van der Waals surface area (Å²) in [6.45, 7) is 9.27. The minimum atomic E-state index is -1.17. The van der Waals surface area contributed by atoms with E-state index in [1.165, 1.54) is 0 Å². The van der Waals surface area contributed by atoms with E-state index < -0.39 is 17.7 Å². The lowest BCUT2D eigenvalue weighted by molar-refractivity contribution is -0.160. The van der Waals surface area contributed by atoms with Crippen LogP contribution in [0.25, 0.3) is 33.7 Å². The molecule has 4 rings (SSSR count). The van der Waals surface area contributed by atoms with Gasteiger partial charge in [-0.05, 0) is 69.5 Å². The third-order valence-corrected chi connectivity index (χ3v) is 5.59. The molecule has 2 aromatic heterocycles. The van der Waals surface area contributed by atoms with Crippen molar-refractivity contribution in [3.05, 3.63) is 70.4 Å². The van der Waals surface area contributed by atoms with E-state index in [4.69, 9.17) is 26.3 Å². The van der Waals surface area contributed by atoms with Crippen LogP contribution in [0, 0.1) is 13.8 Å². The van der Waals surface area contributed by atoms with Crippen LogP contribution in [0.2, 0.25) is 5.02 Å².